The zero-order valence-electron chi connectivity index (χ0n) is 75.1. The van der Waals surface area contributed by atoms with Gasteiger partial charge in [0.05, 0.1) is 125 Å². The summed E-state index contributed by atoms with van der Waals surface area (Å²) in [5.41, 5.74) is 6.16. The van der Waals surface area contributed by atoms with Crippen LogP contribution in [0.1, 0.15) is 230 Å². The summed E-state index contributed by atoms with van der Waals surface area (Å²) < 4.78 is 145. The van der Waals surface area contributed by atoms with Gasteiger partial charge >= 0.3 is 0 Å². The van der Waals surface area contributed by atoms with Crippen LogP contribution in [0.4, 0.5) is 26.3 Å². The highest BCUT2D eigenvalue weighted by Crippen LogP contribution is 2.50. The van der Waals surface area contributed by atoms with E-state index >= 15 is 0 Å². The van der Waals surface area contributed by atoms with E-state index in [4.69, 9.17) is 47.4 Å². The normalized spacial score (nSPS) is 22.7. The Morgan fingerprint density at radius 2 is 0.705 bits per heavy atom. The summed E-state index contributed by atoms with van der Waals surface area (Å²) in [6.07, 6.45) is 14.1. The van der Waals surface area contributed by atoms with Crippen LogP contribution in [0.25, 0.3) is 5.69 Å². The molecule has 129 heavy (non-hydrogen) atoms. The minimum atomic E-state index is -1.07. The molecule has 26 heteroatoms. The summed E-state index contributed by atoms with van der Waals surface area (Å²) >= 11 is 0. The minimum Gasteiger partial charge on any atom is -0.496 e. The molecular formula is C103H120F6N6O14. The summed E-state index contributed by atoms with van der Waals surface area (Å²) in [5.74, 6) is -5.82. The summed E-state index contributed by atoms with van der Waals surface area (Å²) in [4.78, 5) is 59.3. The fraction of sp³-hybridized carbons (Fsp3) is 0.466. The van der Waals surface area contributed by atoms with E-state index in [9.17, 15) is 45.5 Å². The van der Waals surface area contributed by atoms with Crippen LogP contribution in [-0.4, -0.2) is 193 Å². The van der Waals surface area contributed by atoms with E-state index in [1.165, 1.54) is 43.5 Å². The van der Waals surface area contributed by atoms with Crippen LogP contribution < -0.4 is 9.47 Å². The largest absolute Gasteiger partial charge is 0.496 e. The van der Waals surface area contributed by atoms with E-state index in [-0.39, 0.29) is 117 Å². The van der Waals surface area contributed by atoms with Gasteiger partial charge < -0.3 is 67.0 Å². The van der Waals surface area contributed by atoms with E-state index in [0.717, 1.165) is 123 Å². The second-order valence-electron chi connectivity index (χ2n) is 35.0. The lowest BCUT2D eigenvalue weighted by Gasteiger charge is -2.48. The number of carbonyl (C=O) groups is 4. The third kappa shape index (κ3) is 23.0. The van der Waals surface area contributed by atoms with Crippen molar-refractivity contribution in [2.45, 2.75) is 216 Å². The number of piperidine rings is 4. The Kier molecular flexibility index (Phi) is 31.7. The fourth-order valence-electron chi connectivity index (χ4n) is 20.0. The number of carbonyl (C=O) groups excluding carboxylic acids is 4. The highest BCUT2D eigenvalue weighted by atomic mass is 19.2. The Morgan fingerprint density at radius 1 is 0.364 bits per heavy atom. The maximum absolute atomic E-state index is 14.3. The first kappa shape index (κ1) is 94.8. The summed E-state index contributed by atoms with van der Waals surface area (Å²) in [7, 11) is 2.61. The van der Waals surface area contributed by atoms with E-state index in [1.54, 1.807) is 49.8 Å². The third-order valence-corrected chi connectivity index (χ3v) is 26.6. The monoisotopic (exact) mass is 1780 g/mol. The molecule has 0 radical (unpaired) electrons. The molecule has 8 aliphatic rings. The first-order chi connectivity index (χ1) is 62.4. The van der Waals surface area contributed by atoms with Crippen LogP contribution >= 0.6 is 0 Å². The molecule has 9 aromatic rings. The lowest BCUT2D eigenvalue weighted by molar-refractivity contribution is -0.191. The molecule has 1 aromatic heterocycles. The van der Waals surface area contributed by atoms with E-state index < -0.39 is 40.6 Å². The number of nitrogens with zero attached hydrogens (tertiary/aromatic N) is 6. The second-order valence-corrected chi connectivity index (χ2v) is 35.0. The molecule has 0 saturated carbocycles. The molecule has 4 amide bonds. The van der Waals surface area contributed by atoms with E-state index in [0.29, 0.717) is 116 Å². The SMILES string of the molecule is CCOC1CC(c2ccccc2)OC2(CCN(C(=O)c3cc(F)c(F)cc3OC)CC2)C1.CCOC1CC(c2ccccc2)OC2(CCN(C(=O)c3cc(F)cc(F)c3OC)CC2)C1.CCOC1CC(c2ccccc2)OC2(CCN(C(=O)c3ccc(C)cc3F)CC2)C1.CCOC1CC(c2ccccc2)OC2(CCN(C(=O)c3cnn(-c4ccc(F)cc4)c3C)CC2)C1. The summed E-state index contributed by atoms with van der Waals surface area (Å²) in [5, 5.41) is 4.39. The topological polar surface area (TPSA) is 191 Å². The first-order valence-corrected chi connectivity index (χ1v) is 45.5. The van der Waals surface area contributed by atoms with Crippen molar-refractivity contribution in [3.8, 4) is 17.2 Å². The molecule has 8 fully saturated rings. The number of rotatable bonds is 19. The molecule has 8 aromatic carbocycles. The van der Waals surface area contributed by atoms with Crippen LogP contribution in [0.15, 0.2) is 194 Å². The smallest absolute Gasteiger partial charge is 0.257 e. The van der Waals surface area contributed by atoms with E-state index in [2.05, 4.69) is 53.6 Å². The Balaban J connectivity index is 0.000000139. The Hall–Kier alpha value is -10.3. The number of hydrogen-bond acceptors (Lipinski definition) is 15. The van der Waals surface area contributed by atoms with Crippen molar-refractivity contribution < 1.29 is 92.9 Å². The molecule has 0 aliphatic carbocycles. The number of halogens is 6. The van der Waals surface area contributed by atoms with Gasteiger partial charge in [-0.1, -0.05) is 127 Å². The average Bonchev–Trinajstić information content (AvgIpc) is 1.61. The van der Waals surface area contributed by atoms with Gasteiger partial charge in [-0.3, -0.25) is 19.2 Å². The molecule has 0 N–H and O–H groups in total. The van der Waals surface area contributed by atoms with Crippen molar-refractivity contribution in [1.29, 1.82) is 0 Å². The van der Waals surface area contributed by atoms with Crippen LogP contribution in [-0.2, 0) is 37.9 Å². The molecule has 8 saturated heterocycles. The van der Waals surface area contributed by atoms with Gasteiger partial charge in [0.15, 0.2) is 23.2 Å². The van der Waals surface area contributed by atoms with Crippen molar-refractivity contribution >= 4 is 23.6 Å². The molecular weight excluding hydrogens is 1660 g/mol. The third-order valence-electron chi connectivity index (χ3n) is 26.6. The van der Waals surface area contributed by atoms with Crippen molar-refractivity contribution in [2.24, 2.45) is 0 Å². The van der Waals surface area contributed by atoms with Crippen LogP contribution in [0, 0.1) is 48.8 Å². The van der Waals surface area contributed by atoms with Crippen molar-refractivity contribution in [1.82, 2.24) is 29.4 Å². The van der Waals surface area contributed by atoms with Gasteiger partial charge in [-0.25, -0.2) is 31.0 Å². The zero-order valence-corrected chi connectivity index (χ0v) is 75.1. The lowest BCUT2D eigenvalue weighted by atomic mass is 9.80. The fourth-order valence-corrected chi connectivity index (χ4v) is 20.0. The van der Waals surface area contributed by atoms with Gasteiger partial charge in [-0.2, -0.15) is 5.10 Å². The number of hydrogen-bond donors (Lipinski definition) is 0. The number of benzene rings is 8. The van der Waals surface area contributed by atoms with Crippen LogP contribution in [0.5, 0.6) is 11.5 Å². The maximum atomic E-state index is 14.3. The van der Waals surface area contributed by atoms with Gasteiger partial charge in [0.2, 0.25) is 0 Å². The molecule has 8 aliphatic heterocycles. The molecule has 9 heterocycles. The summed E-state index contributed by atoms with van der Waals surface area (Å²) in [6, 6.07) is 55.4. The summed E-state index contributed by atoms with van der Waals surface area (Å²) in [6.45, 7) is 18.5. The first-order valence-electron chi connectivity index (χ1n) is 45.5. The zero-order chi connectivity index (χ0) is 91.0. The molecule has 17 rings (SSSR count). The molecule has 688 valence electrons. The Bertz CT molecular complexity index is 5200. The number of amides is 4. The Labute approximate surface area is 752 Å². The van der Waals surface area contributed by atoms with Crippen LogP contribution in [0.2, 0.25) is 0 Å². The number of methoxy groups -OCH3 is 2. The van der Waals surface area contributed by atoms with Gasteiger partial charge in [-0.15, -0.1) is 0 Å². The standard InChI is InChI=1S/C28H32FN3O3.2C25H29F2NO4.C25H30FNO3/c1-3-34-24-17-26(21-7-5-4-6-8-21)35-28(18-24)13-15-31(16-14-28)27(33)25-19-30-32(20(25)2)23-11-9-22(29)10-12-23;1-3-31-18-13-22(17-7-5-4-6-8-17)32-25(16-18)9-11-28(12-10-25)24(29)19-14-20(26)21(27)15-23(19)30-2;1-3-31-19-15-22(17-7-5-4-6-8-17)32-25(16-19)9-11-28(12-10-25)24(29)20-13-18(26)14-21(27)23(20)30-2;1-3-29-20-16-23(19-7-5-4-6-8-19)30-25(17-20)11-13-27(14-12-25)24(28)21-10-9-18(2)15-22(21)26/h4-12,19,24,26H,3,13-18H2,1-2H3;4-8,14-15,18,22H,3,9-13,16H2,1-2H3;4-8,13-14,19,22H,3,9-12,15-16H2,1-2H3;4-10,15,20,23H,3,11-14,16-17H2,1-2H3. The molecule has 8 unspecified atom stereocenters. The van der Waals surface area contributed by atoms with Crippen molar-refractivity contribution in [3.05, 3.63) is 285 Å². The highest BCUT2D eigenvalue weighted by molar-refractivity contribution is 5.98. The second kappa shape index (κ2) is 43.2. The highest BCUT2D eigenvalue weighted by Gasteiger charge is 2.50. The van der Waals surface area contributed by atoms with Gasteiger partial charge in [0, 0.05) is 142 Å². The predicted octanol–water partition coefficient (Wildman–Crippen LogP) is 20.1. The van der Waals surface area contributed by atoms with Gasteiger partial charge in [-0.05, 0) is 169 Å². The quantitative estimate of drug-likeness (QED) is 0.0694. The molecule has 20 nitrogen and oxygen atoms in total. The number of aromatic nitrogens is 2. The van der Waals surface area contributed by atoms with Gasteiger partial charge in [0.1, 0.15) is 23.2 Å². The Morgan fingerprint density at radius 3 is 1.05 bits per heavy atom. The molecule has 4 spiro atoms. The van der Waals surface area contributed by atoms with Crippen LogP contribution in [0.3, 0.4) is 0 Å². The number of aryl methyl sites for hydroxylation is 1. The van der Waals surface area contributed by atoms with Crippen molar-refractivity contribution in [2.75, 3.05) is 93.0 Å². The number of ether oxygens (including phenoxy) is 10. The maximum Gasteiger partial charge on any atom is 0.257 e. The average molecular weight is 1780 g/mol. The minimum absolute atomic E-state index is 0.0000583. The molecule has 0 bridgehead atoms. The number of likely N-dealkylation sites (tertiary alicyclic amines) is 4. The predicted molar refractivity (Wildman–Crippen MR) is 476 cm³/mol. The van der Waals surface area contributed by atoms with Gasteiger partial charge in [0.25, 0.3) is 23.6 Å². The van der Waals surface area contributed by atoms with E-state index in [1.807, 2.05) is 119 Å². The lowest BCUT2D eigenvalue weighted by Crippen LogP contribution is -2.52. The molecule has 8 atom stereocenters. The van der Waals surface area contributed by atoms with Crippen molar-refractivity contribution in [3.63, 3.8) is 0 Å².